The van der Waals surface area contributed by atoms with Gasteiger partial charge in [0.1, 0.15) is 12.3 Å². The van der Waals surface area contributed by atoms with E-state index in [9.17, 15) is 9.59 Å². The standard InChI is InChI=1S/C54H55N5O7S2Si/c1-54(2,3)69(45-24-13-7-14-25-45,46-26-15-8-16-27-46)66-37-43(59(35-39-34-56-65-36-39)68(62,63)44-31-32-48-49(33-44)67-38-55-48)30-29-40-19-17-18-28-47(40)57-52(60)51(58-53(61)64-4)50(41-20-9-5-10-21-41)42-22-11-6-12-23-42/h5-28,31-34,36,38,43,50-51H,29-30,35,37H2,1-4H3,(H,57,60)(H,58,61)/t43-,51-/m0/s1. The van der Waals surface area contributed by atoms with E-state index in [0.717, 1.165) is 31.8 Å². The number of amides is 2. The molecule has 2 N–H and O–H groups in total. The summed E-state index contributed by atoms with van der Waals surface area (Å²) in [5.74, 6) is -1.05. The molecule has 2 amide bonds. The van der Waals surface area contributed by atoms with Gasteiger partial charge in [0.2, 0.25) is 15.9 Å². The molecule has 2 atom stereocenters. The number of benzene rings is 6. The SMILES string of the molecule is COC(=O)N[C@H](C(=O)Nc1ccccc1CC[C@@H](CO[Si](c1ccccc1)(c1ccccc1)C(C)(C)C)N(Cc1cnoc1)S(=O)(=O)c1ccc2ncsc2c1)C(c1ccccc1)c1ccccc1. The van der Waals surface area contributed by atoms with E-state index in [4.69, 9.17) is 13.7 Å². The maximum Gasteiger partial charge on any atom is 0.407 e. The summed E-state index contributed by atoms with van der Waals surface area (Å²) >= 11 is 1.37. The van der Waals surface area contributed by atoms with Gasteiger partial charge in [-0.05, 0) is 69.2 Å². The van der Waals surface area contributed by atoms with Gasteiger partial charge >= 0.3 is 6.09 Å². The number of nitrogens with zero attached hydrogens (tertiary/aromatic N) is 3. The van der Waals surface area contributed by atoms with Crippen molar-refractivity contribution in [3.63, 3.8) is 0 Å². The van der Waals surface area contributed by atoms with Gasteiger partial charge in [-0.25, -0.2) is 18.2 Å². The molecule has 2 aromatic heterocycles. The average molecular weight is 978 g/mol. The second-order valence-corrected chi connectivity index (χ2v) is 24.9. The van der Waals surface area contributed by atoms with E-state index in [0.29, 0.717) is 23.2 Å². The summed E-state index contributed by atoms with van der Waals surface area (Å²) in [5, 5.41) is 11.6. The molecule has 69 heavy (non-hydrogen) atoms. The fraction of sp³-hybridized carbons (Fsp3) is 0.222. The number of hydrogen-bond donors (Lipinski definition) is 2. The molecule has 0 bridgehead atoms. The van der Waals surface area contributed by atoms with Crippen LogP contribution >= 0.6 is 11.3 Å². The largest absolute Gasteiger partial charge is 0.453 e. The van der Waals surface area contributed by atoms with Crippen LogP contribution < -0.4 is 21.0 Å². The maximum atomic E-state index is 15.3. The molecular formula is C54H55N5O7S2Si. The molecule has 8 aromatic rings. The van der Waals surface area contributed by atoms with Crippen LogP contribution in [0.2, 0.25) is 5.04 Å². The first-order valence-corrected chi connectivity index (χ1v) is 26.9. The number of para-hydroxylation sites is 1. The van der Waals surface area contributed by atoms with E-state index in [1.807, 2.05) is 121 Å². The minimum absolute atomic E-state index is 0.0239. The number of carbonyl (C=O) groups is 2. The molecule has 12 nitrogen and oxygen atoms in total. The van der Waals surface area contributed by atoms with E-state index in [1.54, 1.807) is 23.7 Å². The van der Waals surface area contributed by atoms with Gasteiger partial charge in [-0.15, -0.1) is 11.3 Å². The quantitative estimate of drug-likeness (QED) is 0.0755. The molecule has 0 saturated heterocycles. The van der Waals surface area contributed by atoms with Gasteiger partial charge in [-0.2, -0.15) is 4.31 Å². The number of ether oxygens (including phenoxy) is 1. The first-order chi connectivity index (χ1) is 33.4. The van der Waals surface area contributed by atoms with Crippen molar-refractivity contribution in [1.29, 1.82) is 0 Å². The summed E-state index contributed by atoms with van der Waals surface area (Å²) in [6, 6.07) is 50.1. The van der Waals surface area contributed by atoms with E-state index in [1.165, 1.54) is 35.2 Å². The van der Waals surface area contributed by atoms with Crippen molar-refractivity contribution in [2.75, 3.05) is 19.0 Å². The van der Waals surface area contributed by atoms with Crippen molar-refractivity contribution in [1.82, 2.24) is 19.8 Å². The number of hydrogen-bond acceptors (Lipinski definition) is 10. The van der Waals surface area contributed by atoms with Crippen LogP contribution in [0.25, 0.3) is 10.2 Å². The number of methoxy groups -OCH3 is 1. The summed E-state index contributed by atoms with van der Waals surface area (Å²) in [6.45, 7) is 6.53. The minimum atomic E-state index is -4.24. The number of aromatic nitrogens is 2. The first-order valence-electron chi connectivity index (χ1n) is 22.7. The highest BCUT2D eigenvalue weighted by molar-refractivity contribution is 7.89. The summed E-state index contributed by atoms with van der Waals surface area (Å²) in [4.78, 5) is 32.3. The van der Waals surface area contributed by atoms with Crippen molar-refractivity contribution >= 4 is 68.0 Å². The Bertz CT molecular complexity index is 2970. The summed E-state index contributed by atoms with van der Waals surface area (Å²) in [5.41, 5.74) is 5.87. The molecular weight excluding hydrogens is 923 g/mol. The lowest BCUT2D eigenvalue weighted by molar-refractivity contribution is -0.118. The highest BCUT2D eigenvalue weighted by Crippen LogP contribution is 2.38. The molecule has 0 aliphatic heterocycles. The number of rotatable bonds is 19. The van der Waals surface area contributed by atoms with Crippen molar-refractivity contribution in [3.05, 3.63) is 204 Å². The van der Waals surface area contributed by atoms with Crippen LogP contribution in [-0.4, -0.2) is 69.0 Å². The average Bonchev–Trinajstić information content (AvgIpc) is 4.08. The Balaban J connectivity index is 1.19. The van der Waals surface area contributed by atoms with Crippen LogP contribution in [-0.2, 0) is 36.9 Å². The van der Waals surface area contributed by atoms with E-state index >= 15 is 8.42 Å². The number of aryl methyl sites for hydroxylation is 1. The lowest BCUT2D eigenvalue weighted by atomic mass is 9.84. The zero-order chi connectivity index (χ0) is 48.4. The molecule has 2 heterocycles. The third-order valence-electron chi connectivity index (χ3n) is 12.5. The molecule has 0 aliphatic rings. The third-order valence-corrected chi connectivity index (χ3v) is 20.2. The zero-order valence-corrected chi connectivity index (χ0v) is 41.5. The predicted molar refractivity (Wildman–Crippen MR) is 274 cm³/mol. The molecule has 15 heteroatoms. The van der Waals surface area contributed by atoms with E-state index < -0.39 is 53.4 Å². The fourth-order valence-corrected chi connectivity index (χ4v) is 16.1. The van der Waals surface area contributed by atoms with Crippen molar-refractivity contribution in [3.8, 4) is 0 Å². The topological polar surface area (TPSA) is 153 Å². The van der Waals surface area contributed by atoms with Gasteiger partial charge in [0, 0.05) is 29.8 Å². The van der Waals surface area contributed by atoms with Crippen LogP contribution in [0.3, 0.4) is 0 Å². The Morgan fingerprint density at radius 1 is 0.797 bits per heavy atom. The zero-order valence-electron chi connectivity index (χ0n) is 38.9. The number of alkyl carbamates (subject to hydrolysis) is 1. The number of carbonyl (C=O) groups excluding carboxylic acids is 2. The van der Waals surface area contributed by atoms with Gasteiger partial charge in [-0.1, -0.05) is 165 Å². The van der Waals surface area contributed by atoms with Crippen LogP contribution in [0, 0.1) is 0 Å². The number of anilines is 1. The molecule has 0 saturated carbocycles. The van der Waals surface area contributed by atoms with Crippen molar-refractivity contribution in [2.24, 2.45) is 0 Å². The highest BCUT2D eigenvalue weighted by atomic mass is 32.2. The molecule has 354 valence electrons. The van der Waals surface area contributed by atoms with Crippen molar-refractivity contribution in [2.45, 2.75) is 68.1 Å². The molecule has 8 rings (SSSR count). The smallest absolute Gasteiger partial charge is 0.407 e. The second kappa shape index (κ2) is 21.7. The third kappa shape index (κ3) is 10.9. The Hall–Kier alpha value is -6.75. The summed E-state index contributed by atoms with van der Waals surface area (Å²) in [7, 11) is -6.18. The fourth-order valence-electron chi connectivity index (χ4n) is 9.10. The summed E-state index contributed by atoms with van der Waals surface area (Å²) in [6.07, 6.45) is 2.82. The van der Waals surface area contributed by atoms with Gasteiger partial charge in [0.15, 0.2) is 0 Å². The lowest BCUT2D eigenvalue weighted by Gasteiger charge is -2.44. The van der Waals surface area contributed by atoms with Gasteiger partial charge in [0.05, 0.1) is 40.5 Å². The molecule has 6 aromatic carbocycles. The second-order valence-electron chi connectivity index (χ2n) is 17.8. The van der Waals surface area contributed by atoms with Gasteiger partial charge in [-0.3, -0.25) is 4.79 Å². The highest BCUT2D eigenvalue weighted by Gasteiger charge is 2.51. The Morgan fingerprint density at radius 3 is 1.97 bits per heavy atom. The number of fused-ring (bicyclic) bond motifs is 1. The molecule has 0 unspecified atom stereocenters. The predicted octanol–water partition coefficient (Wildman–Crippen LogP) is 9.55. The maximum absolute atomic E-state index is 15.3. The van der Waals surface area contributed by atoms with Crippen molar-refractivity contribution < 1.29 is 31.7 Å². The lowest BCUT2D eigenvalue weighted by Crippen LogP contribution is -2.67. The molecule has 0 fully saturated rings. The molecule has 0 spiro atoms. The molecule has 0 aliphatic carbocycles. The minimum Gasteiger partial charge on any atom is -0.453 e. The normalized spacial score (nSPS) is 13.0. The Labute approximate surface area is 408 Å². The molecule has 0 radical (unpaired) electrons. The Kier molecular flexibility index (Phi) is 15.3. The number of nitrogens with one attached hydrogen (secondary N) is 2. The van der Waals surface area contributed by atoms with E-state index in [-0.39, 0.29) is 24.5 Å². The van der Waals surface area contributed by atoms with Crippen LogP contribution in [0.1, 0.15) is 55.4 Å². The van der Waals surface area contributed by atoms with Crippen LogP contribution in [0.5, 0.6) is 0 Å². The van der Waals surface area contributed by atoms with Gasteiger partial charge in [0.25, 0.3) is 8.32 Å². The Morgan fingerprint density at radius 2 is 1.39 bits per heavy atom. The monoisotopic (exact) mass is 977 g/mol. The van der Waals surface area contributed by atoms with Crippen LogP contribution in [0.15, 0.2) is 191 Å². The van der Waals surface area contributed by atoms with Gasteiger partial charge < -0.3 is 24.3 Å². The van der Waals surface area contributed by atoms with Crippen LogP contribution in [0.4, 0.5) is 10.5 Å². The first kappa shape index (κ1) is 48.7. The number of thiazole rings is 1. The number of sulfonamides is 1. The van der Waals surface area contributed by atoms with E-state index in [2.05, 4.69) is 65.8 Å². The summed E-state index contributed by atoms with van der Waals surface area (Å²) < 4.78 is 50.8.